The number of benzene rings is 1. The molecule has 1 unspecified atom stereocenters. The van der Waals surface area contributed by atoms with Crippen LogP contribution in [0.5, 0.6) is 0 Å². The molecule has 0 amide bonds. The summed E-state index contributed by atoms with van der Waals surface area (Å²) in [6.07, 6.45) is 3.05. The number of nitrogens with one attached hydrogen (secondary N) is 1. The third-order valence-corrected chi connectivity index (χ3v) is 2.53. The van der Waals surface area contributed by atoms with E-state index in [9.17, 15) is 0 Å². The molecule has 1 aromatic rings. The minimum Gasteiger partial charge on any atom is -0.306 e. The lowest BCUT2D eigenvalue weighted by Crippen LogP contribution is -2.25. The second-order valence-corrected chi connectivity index (χ2v) is 5.42. The van der Waals surface area contributed by atoms with E-state index in [-0.39, 0.29) is 0 Å². The van der Waals surface area contributed by atoms with Gasteiger partial charge in [0.1, 0.15) is 0 Å². The molecular weight excluding hydrogens is 194 g/mol. The van der Waals surface area contributed by atoms with Gasteiger partial charge in [-0.3, -0.25) is 0 Å². The first kappa shape index (κ1) is 13.0. The van der Waals surface area contributed by atoms with Gasteiger partial charge in [0.05, 0.1) is 0 Å². The van der Waals surface area contributed by atoms with E-state index >= 15 is 0 Å². The maximum absolute atomic E-state index is 3.76. The van der Waals surface area contributed by atoms with E-state index in [0.29, 0.717) is 11.5 Å². The maximum Gasteiger partial charge on any atom is 0.0327 e. The summed E-state index contributed by atoms with van der Waals surface area (Å²) in [5, 5.41) is 3.52. The molecule has 0 aliphatic heterocycles. The second kappa shape index (κ2) is 5.86. The molecule has 88 valence electrons. The summed E-state index contributed by atoms with van der Waals surface area (Å²) in [4.78, 5) is 0. The van der Waals surface area contributed by atoms with E-state index in [4.69, 9.17) is 0 Å². The first-order valence-electron chi connectivity index (χ1n) is 5.92. The van der Waals surface area contributed by atoms with Gasteiger partial charge in [-0.2, -0.15) is 0 Å². The van der Waals surface area contributed by atoms with Crippen LogP contribution in [0, 0.1) is 5.41 Å². The molecule has 1 nitrogen and oxygen atoms in total. The molecule has 0 saturated heterocycles. The summed E-state index contributed by atoms with van der Waals surface area (Å²) < 4.78 is 0. The minimum atomic E-state index is 0.328. The fourth-order valence-electron chi connectivity index (χ4n) is 1.83. The third-order valence-electron chi connectivity index (χ3n) is 2.53. The SMILES string of the molecule is C=CCNC(CC(C)(C)C)c1ccccc1. The first-order chi connectivity index (χ1) is 7.53. The molecule has 0 aromatic heterocycles. The lowest BCUT2D eigenvalue weighted by molar-refractivity contribution is 0.316. The quantitative estimate of drug-likeness (QED) is 0.737. The van der Waals surface area contributed by atoms with Crippen molar-refractivity contribution < 1.29 is 0 Å². The van der Waals surface area contributed by atoms with Crippen molar-refractivity contribution in [2.24, 2.45) is 5.41 Å². The van der Waals surface area contributed by atoms with Crippen LogP contribution >= 0.6 is 0 Å². The average Bonchev–Trinajstić information content (AvgIpc) is 2.24. The maximum atomic E-state index is 3.76. The molecule has 0 bridgehead atoms. The minimum absolute atomic E-state index is 0.328. The van der Waals surface area contributed by atoms with Crippen molar-refractivity contribution in [3.05, 3.63) is 48.6 Å². The topological polar surface area (TPSA) is 12.0 Å². The van der Waals surface area contributed by atoms with Gasteiger partial charge < -0.3 is 5.32 Å². The highest BCUT2D eigenvalue weighted by atomic mass is 14.9. The largest absolute Gasteiger partial charge is 0.306 e. The highest BCUT2D eigenvalue weighted by molar-refractivity contribution is 5.19. The normalized spacial score (nSPS) is 13.4. The Morgan fingerprint density at radius 1 is 1.25 bits per heavy atom. The van der Waals surface area contributed by atoms with Crippen LogP contribution in [0.15, 0.2) is 43.0 Å². The summed E-state index contributed by atoms with van der Waals surface area (Å²) >= 11 is 0. The standard InChI is InChI=1S/C15H23N/c1-5-11-16-14(12-15(2,3)4)13-9-7-6-8-10-13/h5-10,14,16H,1,11-12H2,2-4H3. The van der Waals surface area contributed by atoms with Crippen molar-refractivity contribution in [1.29, 1.82) is 0 Å². The fourth-order valence-corrected chi connectivity index (χ4v) is 1.83. The van der Waals surface area contributed by atoms with Crippen molar-refractivity contribution in [2.75, 3.05) is 6.54 Å². The molecule has 1 heteroatoms. The Bertz CT molecular complexity index is 308. The molecule has 0 heterocycles. The van der Waals surface area contributed by atoms with Gasteiger partial charge in [0, 0.05) is 12.6 Å². The van der Waals surface area contributed by atoms with Crippen LogP contribution in [-0.4, -0.2) is 6.54 Å². The van der Waals surface area contributed by atoms with Gasteiger partial charge >= 0.3 is 0 Å². The van der Waals surface area contributed by atoms with Gasteiger partial charge in [-0.15, -0.1) is 6.58 Å². The van der Waals surface area contributed by atoms with Gasteiger partial charge in [-0.05, 0) is 17.4 Å². The van der Waals surface area contributed by atoms with Crippen LogP contribution in [0.2, 0.25) is 0 Å². The molecule has 0 aliphatic carbocycles. The molecule has 1 atom stereocenters. The Morgan fingerprint density at radius 2 is 1.88 bits per heavy atom. The van der Waals surface area contributed by atoms with E-state index < -0.39 is 0 Å². The molecular formula is C15H23N. The predicted molar refractivity (Wildman–Crippen MR) is 71.5 cm³/mol. The van der Waals surface area contributed by atoms with Crippen LogP contribution in [0.4, 0.5) is 0 Å². The Kier molecular flexibility index (Phi) is 4.75. The Balaban J connectivity index is 2.75. The third kappa shape index (κ3) is 4.63. The van der Waals surface area contributed by atoms with Crippen molar-refractivity contribution >= 4 is 0 Å². The number of rotatable bonds is 5. The smallest absolute Gasteiger partial charge is 0.0327 e. The predicted octanol–water partition coefficient (Wildman–Crippen LogP) is 3.94. The first-order valence-corrected chi connectivity index (χ1v) is 5.92. The molecule has 16 heavy (non-hydrogen) atoms. The summed E-state index contributed by atoms with van der Waals surface area (Å²) in [5.74, 6) is 0. The highest BCUT2D eigenvalue weighted by Crippen LogP contribution is 2.29. The number of hydrogen-bond donors (Lipinski definition) is 1. The van der Waals surface area contributed by atoms with E-state index in [0.717, 1.165) is 13.0 Å². The molecule has 0 fully saturated rings. The Labute approximate surface area is 99.6 Å². The molecule has 0 aliphatic rings. The van der Waals surface area contributed by atoms with Gasteiger partial charge in [0.25, 0.3) is 0 Å². The summed E-state index contributed by atoms with van der Waals surface area (Å²) in [6.45, 7) is 11.4. The Hall–Kier alpha value is -1.08. The Morgan fingerprint density at radius 3 is 2.38 bits per heavy atom. The van der Waals surface area contributed by atoms with Crippen LogP contribution in [0.25, 0.3) is 0 Å². The zero-order valence-electron chi connectivity index (χ0n) is 10.7. The average molecular weight is 217 g/mol. The van der Waals surface area contributed by atoms with Crippen molar-refractivity contribution in [2.45, 2.75) is 33.2 Å². The van der Waals surface area contributed by atoms with Gasteiger partial charge in [-0.1, -0.05) is 57.2 Å². The van der Waals surface area contributed by atoms with Gasteiger partial charge in [0.15, 0.2) is 0 Å². The highest BCUT2D eigenvalue weighted by Gasteiger charge is 2.19. The second-order valence-electron chi connectivity index (χ2n) is 5.42. The number of hydrogen-bond acceptors (Lipinski definition) is 1. The van der Waals surface area contributed by atoms with E-state index in [1.807, 2.05) is 6.08 Å². The van der Waals surface area contributed by atoms with Crippen molar-refractivity contribution in [3.8, 4) is 0 Å². The summed E-state index contributed by atoms with van der Waals surface area (Å²) in [5.41, 5.74) is 1.69. The van der Waals surface area contributed by atoms with Crippen LogP contribution < -0.4 is 5.32 Å². The molecule has 0 spiro atoms. The van der Waals surface area contributed by atoms with Crippen LogP contribution in [-0.2, 0) is 0 Å². The lowest BCUT2D eigenvalue weighted by Gasteiger charge is -2.27. The molecule has 1 aromatic carbocycles. The molecule has 1 rings (SSSR count). The van der Waals surface area contributed by atoms with Gasteiger partial charge in [0.2, 0.25) is 0 Å². The van der Waals surface area contributed by atoms with Crippen LogP contribution in [0.3, 0.4) is 0 Å². The molecule has 0 radical (unpaired) electrons. The van der Waals surface area contributed by atoms with Gasteiger partial charge in [-0.25, -0.2) is 0 Å². The fraction of sp³-hybridized carbons (Fsp3) is 0.467. The lowest BCUT2D eigenvalue weighted by atomic mass is 9.85. The van der Waals surface area contributed by atoms with Crippen LogP contribution in [0.1, 0.15) is 38.8 Å². The van der Waals surface area contributed by atoms with Crippen molar-refractivity contribution in [3.63, 3.8) is 0 Å². The summed E-state index contributed by atoms with van der Waals surface area (Å²) in [6, 6.07) is 11.0. The van der Waals surface area contributed by atoms with Crippen molar-refractivity contribution in [1.82, 2.24) is 5.32 Å². The monoisotopic (exact) mass is 217 g/mol. The molecule has 1 N–H and O–H groups in total. The zero-order chi connectivity index (χ0) is 12.0. The van der Waals surface area contributed by atoms with E-state index in [1.54, 1.807) is 0 Å². The van der Waals surface area contributed by atoms with E-state index in [1.165, 1.54) is 5.56 Å². The molecule has 0 saturated carbocycles. The summed E-state index contributed by atoms with van der Waals surface area (Å²) in [7, 11) is 0. The van der Waals surface area contributed by atoms with E-state index in [2.05, 4.69) is 63.0 Å². The zero-order valence-corrected chi connectivity index (χ0v) is 10.7.